The molecule has 1 unspecified atom stereocenters. The minimum absolute atomic E-state index is 0.000887. The predicted molar refractivity (Wildman–Crippen MR) is 65.1 cm³/mol. The maximum Gasteiger partial charge on any atom is 0.153 e. The van der Waals surface area contributed by atoms with Crippen molar-refractivity contribution in [2.24, 2.45) is 0 Å². The van der Waals surface area contributed by atoms with E-state index in [4.69, 9.17) is 0 Å². The van der Waals surface area contributed by atoms with Crippen LogP contribution in [0.25, 0.3) is 0 Å². The first-order valence-electron chi connectivity index (χ1n) is 5.79. The zero-order valence-corrected chi connectivity index (χ0v) is 9.96. The predicted octanol–water partition coefficient (Wildman–Crippen LogP) is 4.59. The maximum absolute atomic E-state index is 14.2. The van der Waals surface area contributed by atoms with Gasteiger partial charge in [-0.3, -0.25) is 0 Å². The highest BCUT2D eigenvalue weighted by Gasteiger charge is 2.17. The number of halogens is 3. The second-order valence-corrected chi connectivity index (χ2v) is 4.12. The Labute approximate surface area is 104 Å². The van der Waals surface area contributed by atoms with Crippen molar-refractivity contribution < 1.29 is 13.2 Å². The van der Waals surface area contributed by atoms with Crippen LogP contribution in [0.2, 0.25) is 0 Å². The van der Waals surface area contributed by atoms with E-state index in [1.807, 2.05) is 6.92 Å². The lowest BCUT2D eigenvalue weighted by Crippen LogP contribution is -1.99. The Morgan fingerprint density at radius 1 is 1.00 bits per heavy atom. The van der Waals surface area contributed by atoms with Gasteiger partial charge in [0.1, 0.15) is 11.6 Å². The van der Waals surface area contributed by atoms with E-state index >= 15 is 0 Å². The van der Waals surface area contributed by atoms with Crippen molar-refractivity contribution in [1.29, 1.82) is 0 Å². The summed E-state index contributed by atoms with van der Waals surface area (Å²) in [6.45, 7) is 1.92. The molecule has 0 aromatic heterocycles. The lowest BCUT2D eigenvalue weighted by molar-refractivity contribution is 0.387. The van der Waals surface area contributed by atoms with Crippen LogP contribution in [-0.4, -0.2) is 0 Å². The van der Waals surface area contributed by atoms with Gasteiger partial charge in [0.2, 0.25) is 0 Å². The molecule has 1 atom stereocenters. The third kappa shape index (κ3) is 2.55. The molecule has 0 saturated heterocycles. The van der Waals surface area contributed by atoms with Gasteiger partial charge in [-0.05, 0) is 41.8 Å². The van der Waals surface area contributed by atoms with Crippen LogP contribution in [0.4, 0.5) is 13.2 Å². The molecule has 0 spiro atoms. The van der Waals surface area contributed by atoms with Crippen LogP contribution in [-0.2, 0) is 6.42 Å². The van der Waals surface area contributed by atoms with Gasteiger partial charge in [0.15, 0.2) is 6.17 Å². The highest BCUT2D eigenvalue weighted by atomic mass is 19.1. The van der Waals surface area contributed by atoms with Crippen molar-refractivity contribution in [3.8, 4) is 0 Å². The van der Waals surface area contributed by atoms with E-state index in [1.54, 1.807) is 6.07 Å². The lowest BCUT2D eigenvalue weighted by Gasteiger charge is -2.11. The van der Waals surface area contributed by atoms with Crippen molar-refractivity contribution in [2.75, 3.05) is 0 Å². The average Bonchev–Trinajstić information content (AvgIpc) is 2.39. The van der Waals surface area contributed by atoms with Gasteiger partial charge in [-0.15, -0.1) is 0 Å². The van der Waals surface area contributed by atoms with Crippen LogP contribution in [0, 0.1) is 11.6 Å². The number of aryl methyl sites for hydroxylation is 1. The van der Waals surface area contributed by atoms with E-state index in [2.05, 4.69) is 0 Å². The fraction of sp³-hybridized carbons (Fsp3) is 0.200. The number of alkyl halides is 1. The van der Waals surface area contributed by atoms with Gasteiger partial charge in [0, 0.05) is 5.56 Å². The molecule has 0 saturated carbocycles. The number of hydrogen-bond acceptors (Lipinski definition) is 0. The van der Waals surface area contributed by atoms with E-state index in [0.29, 0.717) is 6.42 Å². The molecule has 0 fully saturated rings. The van der Waals surface area contributed by atoms with Crippen molar-refractivity contribution in [3.05, 3.63) is 70.8 Å². The molecule has 94 valence electrons. The number of hydrogen-bond donors (Lipinski definition) is 0. The van der Waals surface area contributed by atoms with Crippen LogP contribution in [0.15, 0.2) is 42.5 Å². The molecule has 3 heteroatoms. The minimum Gasteiger partial charge on any atom is -0.237 e. The normalized spacial score (nSPS) is 12.4. The summed E-state index contributed by atoms with van der Waals surface area (Å²) in [5, 5.41) is 0. The molecule has 0 nitrogen and oxygen atoms in total. The van der Waals surface area contributed by atoms with Gasteiger partial charge < -0.3 is 0 Å². The zero-order valence-electron chi connectivity index (χ0n) is 9.96. The maximum atomic E-state index is 14.2. The lowest BCUT2D eigenvalue weighted by atomic mass is 9.99. The Bertz CT molecular complexity index is 532. The standard InChI is InChI=1S/C15H13F3/c1-2-10-3-8-14(17)13(9-10)15(18)11-4-6-12(16)7-5-11/h3-9,15H,2H2,1H3. The molecule has 2 aromatic carbocycles. The summed E-state index contributed by atoms with van der Waals surface area (Å²) in [7, 11) is 0. The van der Waals surface area contributed by atoms with Crippen LogP contribution >= 0.6 is 0 Å². The molecule has 0 aliphatic carbocycles. The molecule has 0 aliphatic heterocycles. The highest BCUT2D eigenvalue weighted by Crippen LogP contribution is 2.29. The summed E-state index contributed by atoms with van der Waals surface area (Å²) < 4.78 is 40.6. The monoisotopic (exact) mass is 250 g/mol. The number of benzene rings is 2. The van der Waals surface area contributed by atoms with Gasteiger partial charge in [-0.1, -0.05) is 25.1 Å². The van der Waals surface area contributed by atoms with Crippen molar-refractivity contribution in [1.82, 2.24) is 0 Å². The van der Waals surface area contributed by atoms with E-state index < -0.39 is 17.8 Å². The highest BCUT2D eigenvalue weighted by molar-refractivity contribution is 5.34. The molecular formula is C15H13F3. The zero-order chi connectivity index (χ0) is 13.1. The molecular weight excluding hydrogens is 237 g/mol. The Kier molecular flexibility index (Phi) is 3.70. The molecule has 0 radical (unpaired) electrons. The second kappa shape index (κ2) is 5.25. The smallest absolute Gasteiger partial charge is 0.153 e. The SMILES string of the molecule is CCc1ccc(F)c(C(F)c2ccc(F)cc2)c1. The quantitative estimate of drug-likeness (QED) is 0.747. The van der Waals surface area contributed by atoms with Crippen LogP contribution in [0.1, 0.15) is 29.8 Å². The molecule has 0 N–H and O–H groups in total. The molecule has 0 heterocycles. The number of rotatable bonds is 3. The molecule has 0 bridgehead atoms. The Morgan fingerprint density at radius 3 is 2.28 bits per heavy atom. The Morgan fingerprint density at radius 2 is 1.67 bits per heavy atom. The average molecular weight is 250 g/mol. The molecule has 2 rings (SSSR count). The van der Waals surface area contributed by atoms with Gasteiger partial charge in [0.05, 0.1) is 0 Å². The molecule has 18 heavy (non-hydrogen) atoms. The van der Waals surface area contributed by atoms with Crippen LogP contribution in [0.3, 0.4) is 0 Å². The first-order valence-corrected chi connectivity index (χ1v) is 5.79. The van der Waals surface area contributed by atoms with Crippen molar-refractivity contribution >= 4 is 0 Å². The van der Waals surface area contributed by atoms with E-state index in [9.17, 15) is 13.2 Å². The Hall–Kier alpha value is -1.77. The van der Waals surface area contributed by atoms with Gasteiger partial charge >= 0.3 is 0 Å². The first kappa shape index (κ1) is 12.7. The Balaban J connectivity index is 2.38. The summed E-state index contributed by atoms with van der Waals surface area (Å²) in [5.74, 6) is -1.02. The molecule has 2 aromatic rings. The largest absolute Gasteiger partial charge is 0.237 e. The van der Waals surface area contributed by atoms with Crippen molar-refractivity contribution in [3.63, 3.8) is 0 Å². The van der Waals surface area contributed by atoms with Gasteiger partial charge in [0.25, 0.3) is 0 Å². The first-order chi connectivity index (χ1) is 8.61. The van der Waals surface area contributed by atoms with Crippen molar-refractivity contribution in [2.45, 2.75) is 19.5 Å². The molecule has 0 aliphatic rings. The molecule has 0 amide bonds. The topological polar surface area (TPSA) is 0 Å². The summed E-state index contributed by atoms with van der Waals surface area (Å²) in [6.07, 6.45) is -0.860. The summed E-state index contributed by atoms with van der Waals surface area (Å²) >= 11 is 0. The van der Waals surface area contributed by atoms with E-state index in [1.165, 1.54) is 36.4 Å². The third-order valence-electron chi connectivity index (χ3n) is 2.90. The van der Waals surface area contributed by atoms with E-state index in [-0.39, 0.29) is 11.1 Å². The minimum atomic E-state index is -1.57. The van der Waals surface area contributed by atoms with Crippen LogP contribution in [0.5, 0.6) is 0 Å². The van der Waals surface area contributed by atoms with E-state index in [0.717, 1.165) is 5.56 Å². The van der Waals surface area contributed by atoms with Gasteiger partial charge in [-0.25, -0.2) is 13.2 Å². The van der Waals surface area contributed by atoms with Crippen LogP contribution < -0.4 is 0 Å². The fourth-order valence-corrected chi connectivity index (χ4v) is 1.82. The second-order valence-electron chi connectivity index (χ2n) is 4.12. The fourth-order valence-electron chi connectivity index (χ4n) is 1.82. The van der Waals surface area contributed by atoms with Gasteiger partial charge in [-0.2, -0.15) is 0 Å². The third-order valence-corrected chi connectivity index (χ3v) is 2.90. The summed E-state index contributed by atoms with van der Waals surface area (Å²) in [5.41, 5.74) is 1.13. The summed E-state index contributed by atoms with van der Waals surface area (Å²) in [6, 6.07) is 9.42. The summed E-state index contributed by atoms with van der Waals surface area (Å²) in [4.78, 5) is 0.